The fourth-order valence-electron chi connectivity index (χ4n) is 3.52. The first-order valence-corrected chi connectivity index (χ1v) is 10.6. The van der Waals surface area contributed by atoms with E-state index in [4.69, 9.17) is 16.3 Å². The molecule has 3 rings (SSSR count). The third-order valence-electron chi connectivity index (χ3n) is 4.74. The van der Waals surface area contributed by atoms with E-state index >= 15 is 0 Å². The Morgan fingerprint density at radius 3 is 2.73 bits per heavy atom. The number of hydrogen-bond donors (Lipinski definition) is 0. The molecular formula is C21H21BrClN5O2. The van der Waals surface area contributed by atoms with Crippen LogP contribution in [0.5, 0.6) is 0 Å². The van der Waals surface area contributed by atoms with Crippen LogP contribution in [0.2, 0.25) is 5.15 Å². The zero-order chi connectivity index (χ0) is 22.1. The molecule has 2 aromatic rings. The molecule has 0 spiro atoms. The predicted octanol–water partition coefficient (Wildman–Crippen LogP) is 4.86. The fraction of sp³-hybridized carbons (Fsp3) is 0.429. The van der Waals surface area contributed by atoms with E-state index in [-0.39, 0.29) is 23.2 Å². The molecule has 0 aliphatic carbocycles. The summed E-state index contributed by atoms with van der Waals surface area (Å²) >= 11 is 9.75. The van der Waals surface area contributed by atoms with Gasteiger partial charge in [0.15, 0.2) is 0 Å². The van der Waals surface area contributed by atoms with E-state index in [0.717, 1.165) is 9.86 Å². The van der Waals surface area contributed by atoms with Gasteiger partial charge in [0.05, 0.1) is 29.7 Å². The molecule has 30 heavy (non-hydrogen) atoms. The van der Waals surface area contributed by atoms with Crippen molar-refractivity contribution in [2.45, 2.75) is 38.8 Å². The molecule has 1 amide bonds. The van der Waals surface area contributed by atoms with Gasteiger partial charge < -0.3 is 14.5 Å². The first kappa shape index (κ1) is 22.1. The summed E-state index contributed by atoms with van der Waals surface area (Å²) in [6.45, 7) is 6.65. The minimum atomic E-state index is -0.623. The number of ether oxygens (including phenoxy) is 1. The molecule has 0 saturated carbocycles. The molecular weight excluding hydrogens is 470 g/mol. The second kappa shape index (κ2) is 8.67. The van der Waals surface area contributed by atoms with Crippen molar-refractivity contribution in [3.63, 3.8) is 0 Å². The highest BCUT2D eigenvalue weighted by Crippen LogP contribution is 2.36. The highest BCUT2D eigenvalue weighted by atomic mass is 79.9. The van der Waals surface area contributed by atoms with E-state index in [0.29, 0.717) is 30.8 Å². The molecule has 1 saturated heterocycles. The Morgan fingerprint density at radius 1 is 1.37 bits per heavy atom. The van der Waals surface area contributed by atoms with Gasteiger partial charge in [-0.05, 0) is 39.0 Å². The summed E-state index contributed by atoms with van der Waals surface area (Å²) in [5.41, 5.74) is 0.996. The van der Waals surface area contributed by atoms with E-state index in [9.17, 15) is 15.3 Å². The van der Waals surface area contributed by atoms with Gasteiger partial charge >= 0.3 is 6.09 Å². The first-order valence-electron chi connectivity index (χ1n) is 9.45. The monoisotopic (exact) mass is 489 g/mol. The summed E-state index contributed by atoms with van der Waals surface area (Å²) in [6.07, 6.45) is -0.288. The lowest BCUT2D eigenvalue weighted by Gasteiger charge is -2.42. The second-order valence-electron chi connectivity index (χ2n) is 8.04. The molecule has 9 heteroatoms. The van der Waals surface area contributed by atoms with Crippen LogP contribution in [0.1, 0.15) is 32.8 Å². The Morgan fingerprint density at radius 2 is 2.10 bits per heavy atom. The summed E-state index contributed by atoms with van der Waals surface area (Å²) in [4.78, 5) is 20.6. The molecule has 1 aromatic heterocycles. The predicted molar refractivity (Wildman–Crippen MR) is 118 cm³/mol. The van der Waals surface area contributed by atoms with Crippen LogP contribution in [-0.2, 0) is 4.74 Å². The smallest absolute Gasteiger partial charge is 0.410 e. The van der Waals surface area contributed by atoms with Crippen LogP contribution in [-0.4, -0.2) is 47.3 Å². The van der Waals surface area contributed by atoms with Crippen LogP contribution in [0.25, 0.3) is 10.9 Å². The lowest BCUT2D eigenvalue weighted by molar-refractivity contribution is 0.0145. The van der Waals surface area contributed by atoms with Crippen LogP contribution >= 0.6 is 27.5 Å². The normalized spacial score (nSPS) is 16.8. The number of nitrogens with zero attached hydrogens (tertiary/aromatic N) is 5. The number of fused-ring (bicyclic) bond motifs is 1. The third kappa shape index (κ3) is 4.61. The molecule has 1 fully saturated rings. The largest absolute Gasteiger partial charge is 0.444 e. The van der Waals surface area contributed by atoms with Gasteiger partial charge in [-0.3, -0.25) is 0 Å². The summed E-state index contributed by atoms with van der Waals surface area (Å²) in [7, 11) is 0. The molecule has 0 N–H and O–H groups in total. The van der Waals surface area contributed by atoms with Crippen LogP contribution in [0.15, 0.2) is 22.7 Å². The zero-order valence-corrected chi connectivity index (χ0v) is 19.3. The Labute approximate surface area is 188 Å². The van der Waals surface area contributed by atoms with E-state index in [1.165, 1.54) is 0 Å². The third-order valence-corrected chi connectivity index (χ3v) is 5.51. The maximum Gasteiger partial charge on any atom is 0.410 e. The van der Waals surface area contributed by atoms with Gasteiger partial charge in [0.2, 0.25) is 0 Å². The Hall–Kier alpha value is -2.55. The van der Waals surface area contributed by atoms with Crippen molar-refractivity contribution in [2.24, 2.45) is 0 Å². The molecule has 1 aromatic carbocycles. The summed E-state index contributed by atoms with van der Waals surface area (Å²) in [5, 5.41) is 20.0. The standard InChI is InChI=1S/C21H21BrClN5O2/c1-21(2,3)30-20(29)28-9-8-27(12-14(28)6-7-24)18-15-5-4-13(22)10-17(15)26-19(23)16(18)11-25/h4-5,10,14H,6,8-9,12H2,1-3H3. The molecule has 7 nitrogen and oxygen atoms in total. The van der Waals surface area contributed by atoms with Gasteiger partial charge in [-0.15, -0.1) is 0 Å². The average Bonchev–Trinajstić information content (AvgIpc) is 2.65. The Balaban J connectivity index is 2.00. The summed E-state index contributed by atoms with van der Waals surface area (Å²) < 4.78 is 6.37. The molecule has 1 aliphatic heterocycles. The van der Waals surface area contributed by atoms with Gasteiger partial charge in [-0.2, -0.15) is 10.5 Å². The molecule has 1 aliphatic rings. The second-order valence-corrected chi connectivity index (χ2v) is 9.31. The number of hydrogen-bond acceptors (Lipinski definition) is 6. The van der Waals surface area contributed by atoms with Gasteiger partial charge in [0.1, 0.15) is 22.4 Å². The number of piperazine rings is 1. The van der Waals surface area contributed by atoms with Crippen molar-refractivity contribution < 1.29 is 9.53 Å². The maximum absolute atomic E-state index is 12.7. The highest BCUT2D eigenvalue weighted by molar-refractivity contribution is 9.10. The van der Waals surface area contributed by atoms with E-state index in [1.807, 2.05) is 43.9 Å². The summed E-state index contributed by atoms with van der Waals surface area (Å²) in [5.74, 6) is 0. The number of pyridine rings is 1. The minimum Gasteiger partial charge on any atom is -0.444 e. The minimum absolute atomic E-state index is 0.129. The molecule has 1 unspecified atom stereocenters. The van der Waals surface area contributed by atoms with E-state index in [1.54, 1.807) is 4.90 Å². The molecule has 1 atom stereocenters. The van der Waals surface area contributed by atoms with Gasteiger partial charge in [0.25, 0.3) is 0 Å². The van der Waals surface area contributed by atoms with Crippen molar-refractivity contribution in [1.82, 2.24) is 9.88 Å². The highest BCUT2D eigenvalue weighted by Gasteiger charge is 2.35. The Kier molecular flexibility index (Phi) is 6.40. The number of aromatic nitrogens is 1. The lowest BCUT2D eigenvalue weighted by atomic mass is 10.0. The lowest BCUT2D eigenvalue weighted by Crippen LogP contribution is -2.56. The van der Waals surface area contributed by atoms with E-state index < -0.39 is 11.7 Å². The first-order chi connectivity index (χ1) is 14.1. The van der Waals surface area contributed by atoms with Crippen molar-refractivity contribution in [3.05, 3.63) is 33.4 Å². The van der Waals surface area contributed by atoms with Crippen LogP contribution < -0.4 is 4.90 Å². The van der Waals surface area contributed by atoms with Gasteiger partial charge in [-0.25, -0.2) is 9.78 Å². The number of benzene rings is 1. The number of nitriles is 2. The topological polar surface area (TPSA) is 93.2 Å². The zero-order valence-electron chi connectivity index (χ0n) is 16.9. The van der Waals surface area contributed by atoms with Crippen molar-refractivity contribution in [1.29, 1.82) is 10.5 Å². The number of rotatable bonds is 2. The molecule has 156 valence electrons. The van der Waals surface area contributed by atoms with E-state index in [2.05, 4.69) is 33.1 Å². The SMILES string of the molecule is CC(C)(C)OC(=O)N1CCN(c2c(C#N)c(Cl)nc3cc(Br)ccc23)CC1CC#N. The van der Waals surface area contributed by atoms with Crippen molar-refractivity contribution in [3.8, 4) is 12.1 Å². The van der Waals surface area contributed by atoms with Crippen molar-refractivity contribution >= 4 is 50.2 Å². The number of anilines is 1. The molecule has 0 radical (unpaired) electrons. The number of carbonyl (C=O) groups excluding carboxylic acids is 1. The maximum atomic E-state index is 12.7. The fourth-order valence-corrected chi connectivity index (χ4v) is 4.09. The van der Waals surface area contributed by atoms with Crippen molar-refractivity contribution in [2.75, 3.05) is 24.5 Å². The van der Waals surface area contributed by atoms with Gasteiger partial charge in [-0.1, -0.05) is 27.5 Å². The average molecular weight is 491 g/mol. The molecule has 2 heterocycles. The van der Waals surface area contributed by atoms with Crippen LogP contribution in [0, 0.1) is 22.7 Å². The number of amides is 1. The number of carbonyl (C=O) groups is 1. The quantitative estimate of drug-likeness (QED) is 0.558. The Bertz CT molecular complexity index is 1070. The molecule has 0 bridgehead atoms. The van der Waals surface area contributed by atoms with Crippen LogP contribution in [0.3, 0.4) is 0 Å². The summed E-state index contributed by atoms with van der Waals surface area (Å²) in [6, 6.07) is 9.56. The number of halogens is 2. The van der Waals surface area contributed by atoms with Crippen LogP contribution in [0.4, 0.5) is 10.5 Å². The van der Waals surface area contributed by atoms with Gasteiger partial charge in [0, 0.05) is 29.5 Å².